The summed E-state index contributed by atoms with van der Waals surface area (Å²) in [4.78, 5) is 26.0. The van der Waals surface area contributed by atoms with Gasteiger partial charge in [0, 0.05) is 74.2 Å². The van der Waals surface area contributed by atoms with Gasteiger partial charge in [-0.25, -0.2) is 4.98 Å². The number of carbonyl (C=O) groups is 1. The molecular weight excluding hydrogens is 541 g/mol. The average Bonchev–Trinajstić information content (AvgIpc) is 2.98. The van der Waals surface area contributed by atoms with Crippen LogP contribution in [0.15, 0.2) is 60.9 Å². The number of anilines is 2. The number of halogens is 3. The van der Waals surface area contributed by atoms with Crippen molar-refractivity contribution in [3.8, 4) is 11.8 Å². The second kappa shape index (κ2) is 12.2. The zero-order chi connectivity index (χ0) is 29.9. The van der Waals surface area contributed by atoms with Gasteiger partial charge in [0.2, 0.25) is 0 Å². The predicted octanol–water partition coefficient (Wildman–Crippen LogP) is 5.40. The fraction of sp³-hybridized carbons (Fsp3) is 0.281. The Morgan fingerprint density at radius 3 is 2.38 bits per heavy atom. The highest BCUT2D eigenvalue weighted by atomic mass is 19.4. The maximum Gasteiger partial charge on any atom is 0.416 e. The summed E-state index contributed by atoms with van der Waals surface area (Å²) in [5.41, 5.74) is 1.55. The number of aryl methyl sites for hydroxylation is 1. The minimum absolute atomic E-state index is 0.0600. The van der Waals surface area contributed by atoms with Crippen molar-refractivity contribution in [1.82, 2.24) is 19.8 Å². The Bertz CT molecular complexity index is 1680. The monoisotopic (exact) mass is 572 g/mol. The third kappa shape index (κ3) is 6.54. The van der Waals surface area contributed by atoms with Crippen LogP contribution in [-0.4, -0.2) is 65.9 Å². The topological polar surface area (TPSA) is 73.4 Å². The van der Waals surface area contributed by atoms with Gasteiger partial charge in [-0.05, 0) is 37.7 Å². The molecule has 2 aromatic carbocycles. The van der Waals surface area contributed by atoms with Crippen molar-refractivity contribution in [1.29, 1.82) is 0 Å². The van der Waals surface area contributed by atoms with Crippen LogP contribution < -0.4 is 10.6 Å². The maximum absolute atomic E-state index is 14.0. The van der Waals surface area contributed by atoms with Crippen LogP contribution in [0.2, 0.25) is 0 Å². The minimum Gasteiger partial charge on any atom is -0.373 e. The Hall–Kier alpha value is -4.46. The van der Waals surface area contributed by atoms with Gasteiger partial charge in [-0.3, -0.25) is 14.7 Å². The largest absolute Gasteiger partial charge is 0.416 e. The first-order valence-electron chi connectivity index (χ1n) is 13.6. The Balaban J connectivity index is 1.37. The molecule has 0 radical (unpaired) electrons. The van der Waals surface area contributed by atoms with E-state index in [0.717, 1.165) is 41.3 Å². The number of hydrogen-bond donors (Lipinski definition) is 2. The molecule has 1 aliphatic heterocycles. The number of alkyl halides is 3. The van der Waals surface area contributed by atoms with E-state index in [1.54, 1.807) is 26.2 Å². The normalized spacial score (nSPS) is 14.3. The number of pyridine rings is 2. The molecule has 3 heterocycles. The van der Waals surface area contributed by atoms with Crippen molar-refractivity contribution in [3.05, 3.63) is 94.4 Å². The number of nitrogens with one attached hydrogen (secondary N) is 2. The third-order valence-corrected chi connectivity index (χ3v) is 7.38. The Labute approximate surface area is 242 Å². The van der Waals surface area contributed by atoms with Crippen LogP contribution in [0, 0.1) is 18.8 Å². The van der Waals surface area contributed by atoms with Crippen LogP contribution in [0.5, 0.6) is 0 Å². The molecule has 1 aliphatic rings. The first-order valence-corrected chi connectivity index (χ1v) is 13.6. The molecule has 216 valence electrons. The lowest BCUT2D eigenvalue weighted by Gasteiger charge is -2.33. The molecule has 10 heteroatoms. The van der Waals surface area contributed by atoms with Gasteiger partial charge < -0.3 is 15.5 Å². The molecule has 0 unspecified atom stereocenters. The fourth-order valence-corrected chi connectivity index (χ4v) is 4.92. The number of amides is 1. The number of aromatic nitrogens is 2. The first-order chi connectivity index (χ1) is 20.1. The second-order valence-corrected chi connectivity index (χ2v) is 10.3. The lowest BCUT2D eigenvalue weighted by Crippen LogP contribution is -2.44. The molecule has 5 rings (SSSR count). The van der Waals surface area contributed by atoms with Gasteiger partial charge in [-0.1, -0.05) is 42.2 Å². The smallest absolute Gasteiger partial charge is 0.373 e. The minimum atomic E-state index is -4.55. The van der Waals surface area contributed by atoms with Gasteiger partial charge in [0.25, 0.3) is 5.91 Å². The van der Waals surface area contributed by atoms with Gasteiger partial charge in [-0.15, -0.1) is 0 Å². The van der Waals surface area contributed by atoms with E-state index in [2.05, 4.69) is 37.3 Å². The summed E-state index contributed by atoms with van der Waals surface area (Å²) >= 11 is 0. The summed E-state index contributed by atoms with van der Waals surface area (Å²) in [7, 11) is 3.80. The molecule has 0 spiro atoms. The van der Waals surface area contributed by atoms with E-state index in [-0.39, 0.29) is 23.4 Å². The van der Waals surface area contributed by atoms with Crippen LogP contribution in [0.1, 0.15) is 38.3 Å². The van der Waals surface area contributed by atoms with Crippen molar-refractivity contribution in [2.24, 2.45) is 0 Å². The van der Waals surface area contributed by atoms with E-state index in [1.165, 1.54) is 18.3 Å². The molecule has 42 heavy (non-hydrogen) atoms. The summed E-state index contributed by atoms with van der Waals surface area (Å²) in [6, 6.07) is 13.3. The predicted molar refractivity (Wildman–Crippen MR) is 158 cm³/mol. The van der Waals surface area contributed by atoms with Crippen molar-refractivity contribution < 1.29 is 18.0 Å². The second-order valence-electron chi connectivity index (χ2n) is 10.3. The lowest BCUT2D eigenvalue weighted by atomic mass is 10.0. The molecule has 0 aliphatic carbocycles. The Morgan fingerprint density at radius 1 is 0.952 bits per heavy atom. The highest BCUT2D eigenvalue weighted by Crippen LogP contribution is 2.35. The van der Waals surface area contributed by atoms with E-state index in [0.29, 0.717) is 24.3 Å². The summed E-state index contributed by atoms with van der Waals surface area (Å²) < 4.78 is 42.0. The van der Waals surface area contributed by atoms with Crippen LogP contribution >= 0.6 is 0 Å². The molecule has 2 N–H and O–H groups in total. The van der Waals surface area contributed by atoms with E-state index in [9.17, 15) is 18.0 Å². The summed E-state index contributed by atoms with van der Waals surface area (Å²) in [5.74, 6) is 6.39. The van der Waals surface area contributed by atoms with E-state index in [1.807, 2.05) is 36.2 Å². The molecule has 0 atom stereocenters. The van der Waals surface area contributed by atoms with Gasteiger partial charge in [0.05, 0.1) is 22.4 Å². The molecule has 1 fully saturated rings. The molecule has 1 saturated heterocycles. The first kappa shape index (κ1) is 29.0. The zero-order valence-electron chi connectivity index (χ0n) is 23.6. The lowest BCUT2D eigenvalue weighted by molar-refractivity contribution is -0.138. The molecule has 4 aromatic rings. The van der Waals surface area contributed by atoms with Crippen LogP contribution in [0.4, 0.5) is 24.7 Å². The average molecular weight is 573 g/mol. The number of hydrogen-bond acceptors (Lipinski definition) is 6. The van der Waals surface area contributed by atoms with Gasteiger partial charge in [-0.2, -0.15) is 13.2 Å². The van der Waals surface area contributed by atoms with Crippen LogP contribution in [0.3, 0.4) is 0 Å². The molecule has 7 nitrogen and oxygen atoms in total. The quantitative estimate of drug-likeness (QED) is 0.312. The standard InChI is InChI=1S/C32H31F3N6O/c1-21-22(8-9-23-18-38-30(36-2)28-7-5-4-6-27(23)28)16-25(19-37-21)31(42)39-26-11-10-24(29(17-26)32(33,34)35)20-41-14-12-40(3)13-15-41/h4-7,10-11,16-19H,12-15,20H2,1-3H3,(H,36,38)(H,39,42). The van der Waals surface area contributed by atoms with Crippen molar-refractivity contribution in [2.45, 2.75) is 19.6 Å². The number of fused-ring (bicyclic) bond motifs is 1. The van der Waals surface area contributed by atoms with E-state index >= 15 is 0 Å². The number of piperazine rings is 1. The molecule has 0 bridgehead atoms. The fourth-order valence-electron chi connectivity index (χ4n) is 4.92. The number of rotatable bonds is 5. The van der Waals surface area contributed by atoms with Gasteiger partial charge in [0.1, 0.15) is 5.82 Å². The maximum atomic E-state index is 14.0. The SMILES string of the molecule is CNc1ncc(C#Cc2cc(C(=O)Nc3ccc(CN4CCN(C)CC4)c(C(F)(F)F)c3)cnc2C)c2ccccc12. The van der Waals surface area contributed by atoms with Crippen molar-refractivity contribution >= 4 is 28.2 Å². The van der Waals surface area contributed by atoms with Gasteiger partial charge >= 0.3 is 6.18 Å². The summed E-state index contributed by atoms with van der Waals surface area (Å²) in [5, 5.41) is 7.54. The number of benzene rings is 2. The van der Waals surface area contributed by atoms with Crippen molar-refractivity contribution in [3.63, 3.8) is 0 Å². The highest BCUT2D eigenvalue weighted by molar-refractivity contribution is 6.04. The molecule has 2 aromatic heterocycles. The summed E-state index contributed by atoms with van der Waals surface area (Å²) in [6.07, 6.45) is -1.48. The van der Waals surface area contributed by atoms with E-state index in [4.69, 9.17) is 0 Å². The van der Waals surface area contributed by atoms with Crippen LogP contribution in [-0.2, 0) is 12.7 Å². The third-order valence-electron chi connectivity index (χ3n) is 7.38. The van der Waals surface area contributed by atoms with Crippen molar-refractivity contribution in [2.75, 3.05) is 50.9 Å². The number of likely N-dealkylation sites (N-methyl/N-ethyl adjacent to an activating group) is 1. The number of carbonyl (C=O) groups excluding carboxylic acids is 1. The highest BCUT2D eigenvalue weighted by Gasteiger charge is 2.34. The Morgan fingerprint density at radius 2 is 1.67 bits per heavy atom. The van der Waals surface area contributed by atoms with E-state index < -0.39 is 17.6 Å². The van der Waals surface area contributed by atoms with Gasteiger partial charge in [0.15, 0.2) is 0 Å². The Kier molecular flexibility index (Phi) is 8.43. The molecule has 0 saturated carbocycles. The van der Waals surface area contributed by atoms with Crippen LogP contribution in [0.25, 0.3) is 10.8 Å². The summed E-state index contributed by atoms with van der Waals surface area (Å²) in [6.45, 7) is 4.99. The molecule has 1 amide bonds. The zero-order valence-corrected chi connectivity index (χ0v) is 23.6. The molecular formula is C32H31F3N6O. The number of nitrogens with zero attached hydrogens (tertiary/aromatic N) is 4.